The van der Waals surface area contributed by atoms with Gasteiger partial charge in [0.25, 0.3) is 5.91 Å². The molecule has 0 aliphatic carbocycles. The minimum Gasteiger partial charge on any atom is -0.452 e. The molecular formula is C14H15N3O6. The van der Waals surface area contributed by atoms with Gasteiger partial charge in [-0.1, -0.05) is 12.1 Å². The van der Waals surface area contributed by atoms with E-state index in [0.29, 0.717) is 11.1 Å². The van der Waals surface area contributed by atoms with E-state index in [-0.39, 0.29) is 13.0 Å². The molecule has 9 heteroatoms. The van der Waals surface area contributed by atoms with Crippen LogP contribution in [0.2, 0.25) is 0 Å². The van der Waals surface area contributed by atoms with Crippen LogP contribution in [0.5, 0.6) is 0 Å². The predicted molar refractivity (Wildman–Crippen MR) is 78.4 cm³/mol. The largest absolute Gasteiger partial charge is 0.452 e. The van der Waals surface area contributed by atoms with Gasteiger partial charge in [0.15, 0.2) is 11.7 Å². The number of aromatic nitrogens is 1. The first kappa shape index (κ1) is 16.3. The second-order valence-corrected chi connectivity index (χ2v) is 4.72. The van der Waals surface area contributed by atoms with Crippen molar-refractivity contribution in [2.45, 2.75) is 26.0 Å². The van der Waals surface area contributed by atoms with Crippen molar-refractivity contribution >= 4 is 29.0 Å². The third-order valence-corrected chi connectivity index (χ3v) is 3.04. The Bertz CT molecular complexity index is 806. The molecule has 0 spiro atoms. The molecule has 0 radical (unpaired) electrons. The second-order valence-electron chi connectivity index (χ2n) is 4.72. The number of para-hydroxylation sites is 2. The molecule has 0 saturated heterocycles. The quantitative estimate of drug-likeness (QED) is 0.751. The minimum absolute atomic E-state index is 0.0405. The number of rotatable bonds is 5. The van der Waals surface area contributed by atoms with Crippen molar-refractivity contribution in [3.63, 3.8) is 0 Å². The van der Waals surface area contributed by atoms with E-state index in [1.165, 1.54) is 11.5 Å². The summed E-state index contributed by atoms with van der Waals surface area (Å²) in [5, 5.41) is 1.80. The summed E-state index contributed by atoms with van der Waals surface area (Å²) < 4.78 is 11.2. The fraction of sp³-hybridized carbons (Fsp3) is 0.286. The molecule has 23 heavy (non-hydrogen) atoms. The second kappa shape index (κ2) is 6.77. The zero-order valence-corrected chi connectivity index (χ0v) is 12.3. The fourth-order valence-electron chi connectivity index (χ4n) is 1.96. The molecule has 3 N–H and O–H groups in total. The number of urea groups is 1. The van der Waals surface area contributed by atoms with E-state index >= 15 is 0 Å². The fourth-order valence-corrected chi connectivity index (χ4v) is 1.96. The number of nitrogens with one attached hydrogen (secondary N) is 1. The molecule has 1 aromatic carbocycles. The Morgan fingerprint density at radius 2 is 2.04 bits per heavy atom. The number of nitrogens with two attached hydrogens (primary N) is 1. The highest BCUT2D eigenvalue weighted by molar-refractivity contribution is 5.96. The molecular weight excluding hydrogens is 306 g/mol. The van der Waals surface area contributed by atoms with Crippen LogP contribution in [0.3, 0.4) is 0 Å². The third-order valence-electron chi connectivity index (χ3n) is 3.04. The van der Waals surface area contributed by atoms with E-state index in [4.69, 9.17) is 14.9 Å². The average Bonchev–Trinajstić information content (AvgIpc) is 2.79. The van der Waals surface area contributed by atoms with E-state index < -0.39 is 29.8 Å². The number of carbonyl (C=O) groups excluding carboxylic acids is 3. The van der Waals surface area contributed by atoms with Crippen LogP contribution >= 0.6 is 0 Å². The van der Waals surface area contributed by atoms with Gasteiger partial charge in [0.1, 0.15) is 0 Å². The van der Waals surface area contributed by atoms with Gasteiger partial charge in [-0.15, -0.1) is 0 Å². The Hall–Kier alpha value is -3.10. The van der Waals surface area contributed by atoms with Gasteiger partial charge in [0.2, 0.25) is 0 Å². The molecule has 2 aromatic rings. The van der Waals surface area contributed by atoms with Crippen molar-refractivity contribution in [3.8, 4) is 0 Å². The normalized spacial score (nSPS) is 11.9. The van der Waals surface area contributed by atoms with Gasteiger partial charge in [-0.25, -0.2) is 9.59 Å². The average molecular weight is 321 g/mol. The Morgan fingerprint density at radius 1 is 1.35 bits per heavy atom. The molecule has 0 bridgehead atoms. The first-order chi connectivity index (χ1) is 10.9. The highest BCUT2D eigenvalue weighted by Crippen LogP contribution is 2.12. The van der Waals surface area contributed by atoms with Crippen LogP contribution in [0.1, 0.15) is 13.3 Å². The van der Waals surface area contributed by atoms with Crippen LogP contribution in [0.15, 0.2) is 33.5 Å². The number of nitrogens with zero attached hydrogens (tertiary/aromatic N) is 1. The number of fused-ring (bicyclic) bond motifs is 1. The Balaban J connectivity index is 1.96. The zero-order valence-electron chi connectivity index (χ0n) is 12.3. The van der Waals surface area contributed by atoms with Gasteiger partial charge in [-0.2, -0.15) is 0 Å². The lowest BCUT2D eigenvalue weighted by Crippen LogP contribution is -2.42. The number of amides is 3. The summed E-state index contributed by atoms with van der Waals surface area (Å²) in [6, 6.07) is 5.76. The summed E-state index contributed by atoms with van der Waals surface area (Å²) in [5.74, 6) is -2.11. The number of esters is 1. The molecule has 122 valence electrons. The summed E-state index contributed by atoms with van der Waals surface area (Å²) in [4.78, 5) is 45.4. The number of ether oxygens (including phenoxy) is 1. The van der Waals surface area contributed by atoms with Crippen LogP contribution in [0.25, 0.3) is 11.1 Å². The lowest BCUT2D eigenvalue weighted by atomic mass is 10.3. The number of carbonyl (C=O) groups is 3. The number of imide groups is 1. The van der Waals surface area contributed by atoms with E-state index in [0.717, 1.165) is 0 Å². The van der Waals surface area contributed by atoms with Gasteiger partial charge in [0.05, 0.1) is 11.9 Å². The maximum atomic E-state index is 11.7. The lowest BCUT2D eigenvalue weighted by molar-refractivity contribution is -0.154. The minimum atomic E-state index is -1.17. The smallest absolute Gasteiger partial charge is 0.419 e. The maximum Gasteiger partial charge on any atom is 0.419 e. The Kier molecular flexibility index (Phi) is 4.79. The summed E-state index contributed by atoms with van der Waals surface area (Å²) in [6.45, 7) is 1.34. The standard InChI is InChI=1S/C14H15N3O6/c1-8(12(19)16-13(15)20)22-11(18)6-7-17-9-4-2-3-5-10(9)23-14(17)21/h2-5,8H,6-7H2,1H3,(H3,15,16,19,20)/t8-/m0/s1. The monoisotopic (exact) mass is 321 g/mol. The molecule has 0 aliphatic rings. The zero-order chi connectivity index (χ0) is 17.0. The summed E-state index contributed by atoms with van der Waals surface area (Å²) >= 11 is 0. The third kappa shape index (κ3) is 3.96. The van der Waals surface area contributed by atoms with Crippen LogP contribution < -0.4 is 16.8 Å². The molecule has 0 unspecified atom stereocenters. The van der Waals surface area contributed by atoms with Crippen LogP contribution in [0.4, 0.5) is 4.79 Å². The summed E-state index contributed by atoms with van der Waals surface area (Å²) in [5.41, 5.74) is 5.77. The number of benzene rings is 1. The molecule has 0 aliphatic heterocycles. The Morgan fingerprint density at radius 3 is 2.74 bits per heavy atom. The van der Waals surface area contributed by atoms with Crippen molar-refractivity contribution in [2.24, 2.45) is 5.73 Å². The number of primary amides is 1. The molecule has 0 saturated carbocycles. The molecule has 1 atom stereocenters. The molecule has 3 amide bonds. The van der Waals surface area contributed by atoms with Crippen molar-refractivity contribution in [3.05, 3.63) is 34.8 Å². The first-order valence-corrected chi connectivity index (χ1v) is 6.76. The van der Waals surface area contributed by atoms with Crippen LogP contribution in [-0.4, -0.2) is 28.6 Å². The van der Waals surface area contributed by atoms with Gasteiger partial charge in [0, 0.05) is 6.54 Å². The lowest BCUT2D eigenvalue weighted by Gasteiger charge is -2.11. The maximum absolute atomic E-state index is 11.7. The topological polar surface area (TPSA) is 134 Å². The van der Waals surface area contributed by atoms with Gasteiger partial charge < -0.3 is 14.9 Å². The van der Waals surface area contributed by atoms with Crippen molar-refractivity contribution in [1.82, 2.24) is 9.88 Å². The van der Waals surface area contributed by atoms with Crippen LogP contribution in [0, 0.1) is 0 Å². The van der Waals surface area contributed by atoms with Crippen molar-refractivity contribution in [2.75, 3.05) is 0 Å². The van der Waals surface area contributed by atoms with Crippen molar-refractivity contribution in [1.29, 1.82) is 0 Å². The van der Waals surface area contributed by atoms with Gasteiger partial charge in [-0.05, 0) is 19.1 Å². The highest BCUT2D eigenvalue weighted by atomic mass is 16.5. The van der Waals surface area contributed by atoms with Gasteiger partial charge in [-0.3, -0.25) is 19.5 Å². The molecule has 2 rings (SSSR count). The van der Waals surface area contributed by atoms with Crippen molar-refractivity contribution < 1.29 is 23.5 Å². The first-order valence-electron chi connectivity index (χ1n) is 6.76. The van der Waals surface area contributed by atoms with E-state index in [9.17, 15) is 19.2 Å². The van der Waals surface area contributed by atoms with Gasteiger partial charge >= 0.3 is 17.8 Å². The van der Waals surface area contributed by atoms with E-state index in [1.807, 2.05) is 0 Å². The number of hydrogen-bond donors (Lipinski definition) is 2. The SMILES string of the molecule is C[C@H](OC(=O)CCn1c(=O)oc2ccccc21)C(=O)NC(N)=O. The van der Waals surface area contributed by atoms with Crippen LogP contribution in [-0.2, 0) is 20.9 Å². The molecule has 9 nitrogen and oxygen atoms in total. The van der Waals surface area contributed by atoms with E-state index in [1.54, 1.807) is 29.6 Å². The molecule has 0 fully saturated rings. The molecule has 1 heterocycles. The summed E-state index contributed by atoms with van der Waals surface area (Å²) in [6.07, 6.45) is -1.31. The number of hydrogen-bond acceptors (Lipinski definition) is 6. The number of aryl methyl sites for hydroxylation is 1. The number of oxazole rings is 1. The predicted octanol–water partition coefficient (Wildman–Crippen LogP) is 0.111. The Labute approximate surface area is 130 Å². The summed E-state index contributed by atoms with van der Waals surface area (Å²) in [7, 11) is 0. The van der Waals surface area contributed by atoms with E-state index in [2.05, 4.69) is 0 Å². The molecule has 1 aromatic heterocycles. The highest BCUT2D eigenvalue weighted by Gasteiger charge is 2.19.